The van der Waals surface area contributed by atoms with Gasteiger partial charge in [-0.25, -0.2) is 4.79 Å². The molecule has 184 valence electrons. The Balaban J connectivity index is 1.67. The molecule has 3 rings (SSSR count). The maximum Gasteiger partial charge on any atom is 0.418 e. The summed E-state index contributed by atoms with van der Waals surface area (Å²) in [5.41, 5.74) is -1.08. The second-order valence-corrected chi connectivity index (χ2v) is 9.28. The van der Waals surface area contributed by atoms with Crippen molar-refractivity contribution in [3.05, 3.63) is 29.8 Å². The molecule has 2 fully saturated rings. The second kappa shape index (κ2) is 11.2. The molecule has 2 aliphatic rings. The number of carbonyl (C=O) groups is 2. The maximum atomic E-state index is 13.4. The number of benzene rings is 1. The molecule has 9 heteroatoms. The molecule has 1 aromatic carbocycles. The van der Waals surface area contributed by atoms with Crippen LogP contribution >= 0.6 is 0 Å². The lowest BCUT2D eigenvalue weighted by atomic mass is 9.99. The van der Waals surface area contributed by atoms with Crippen molar-refractivity contribution in [2.24, 2.45) is 5.92 Å². The Morgan fingerprint density at radius 3 is 2.30 bits per heavy atom. The molecule has 0 radical (unpaired) electrons. The number of halogens is 3. The first kappa shape index (κ1) is 25.3. The number of piperidine rings is 2. The number of urea groups is 1. The molecular formula is C24H35F3N4O2. The second-order valence-electron chi connectivity index (χ2n) is 9.28. The zero-order chi connectivity index (χ0) is 24.0. The smallest absolute Gasteiger partial charge is 0.343 e. The highest BCUT2D eigenvalue weighted by molar-refractivity contribution is 5.90. The van der Waals surface area contributed by atoms with E-state index in [1.807, 2.05) is 0 Å². The van der Waals surface area contributed by atoms with Crippen molar-refractivity contribution in [3.63, 3.8) is 0 Å². The Kier molecular flexibility index (Phi) is 8.62. The van der Waals surface area contributed by atoms with Crippen molar-refractivity contribution < 1.29 is 22.8 Å². The van der Waals surface area contributed by atoms with Gasteiger partial charge in [0.05, 0.1) is 11.3 Å². The van der Waals surface area contributed by atoms with Crippen LogP contribution in [0, 0.1) is 5.92 Å². The molecule has 2 heterocycles. The van der Waals surface area contributed by atoms with Gasteiger partial charge in [0.1, 0.15) is 0 Å². The monoisotopic (exact) mass is 468 g/mol. The molecule has 0 atom stereocenters. The van der Waals surface area contributed by atoms with Gasteiger partial charge in [0.2, 0.25) is 5.91 Å². The summed E-state index contributed by atoms with van der Waals surface area (Å²) in [6.07, 6.45) is -0.212. The van der Waals surface area contributed by atoms with Gasteiger partial charge in [-0.3, -0.25) is 4.79 Å². The summed E-state index contributed by atoms with van der Waals surface area (Å²) in [5.74, 6) is 0.742. The van der Waals surface area contributed by atoms with Gasteiger partial charge in [0.15, 0.2) is 0 Å². The molecule has 2 aliphatic heterocycles. The van der Waals surface area contributed by atoms with Crippen LogP contribution in [0.15, 0.2) is 24.3 Å². The van der Waals surface area contributed by atoms with E-state index in [1.165, 1.54) is 38.0 Å². The molecule has 6 nitrogen and oxygen atoms in total. The summed E-state index contributed by atoms with van der Waals surface area (Å²) in [6.45, 7) is 8.30. The van der Waals surface area contributed by atoms with Gasteiger partial charge < -0.3 is 20.0 Å². The Hall–Kier alpha value is -2.29. The van der Waals surface area contributed by atoms with Crippen molar-refractivity contribution in [1.29, 1.82) is 0 Å². The van der Waals surface area contributed by atoms with Gasteiger partial charge in [-0.05, 0) is 69.8 Å². The summed E-state index contributed by atoms with van der Waals surface area (Å²) in [5, 5.41) is 2.52. The lowest BCUT2D eigenvalue weighted by Gasteiger charge is -2.39. The molecule has 0 saturated carbocycles. The van der Waals surface area contributed by atoms with Crippen molar-refractivity contribution in [2.75, 3.05) is 44.6 Å². The zero-order valence-electron chi connectivity index (χ0n) is 19.5. The fourth-order valence-electron chi connectivity index (χ4n) is 4.72. The predicted molar refractivity (Wildman–Crippen MR) is 122 cm³/mol. The van der Waals surface area contributed by atoms with Gasteiger partial charge in [-0.2, -0.15) is 13.2 Å². The van der Waals surface area contributed by atoms with E-state index in [4.69, 9.17) is 0 Å². The summed E-state index contributed by atoms with van der Waals surface area (Å²) < 4.78 is 40.2. The third-order valence-corrected chi connectivity index (χ3v) is 6.84. The molecule has 1 aromatic rings. The van der Waals surface area contributed by atoms with Gasteiger partial charge in [-0.15, -0.1) is 0 Å². The third-order valence-electron chi connectivity index (χ3n) is 6.84. The van der Waals surface area contributed by atoms with E-state index in [1.54, 1.807) is 9.80 Å². The summed E-state index contributed by atoms with van der Waals surface area (Å²) in [7, 11) is 0. The molecule has 33 heavy (non-hydrogen) atoms. The number of likely N-dealkylation sites (tertiary alicyclic amines) is 2. The van der Waals surface area contributed by atoms with Crippen molar-refractivity contribution >= 4 is 17.6 Å². The molecule has 3 amide bonds. The van der Waals surface area contributed by atoms with Crippen molar-refractivity contribution in [3.8, 4) is 0 Å². The number of para-hydroxylation sites is 1. The van der Waals surface area contributed by atoms with Crippen molar-refractivity contribution in [2.45, 2.75) is 58.2 Å². The fraction of sp³-hybridized carbons (Fsp3) is 0.667. The Morgan fingerprint density at radius 2 is 1.70 bits per heavy atom. The quantitative estimate of drug-likeness (QED) is 0.660. The van der Waals surface area contributed by atoms with E-state index in [-0.39, 0.29) is 17.6 Å². The first-order chi connectivity index (χ1) is 15.6. The highest BCUT2D eigenvalue weighted by Gasteiger charge is 2.35. The normalized spacial score (nSPS) is 18.9. The van der Waals surface area contributed by atoms with E-state index >= 15 is 0 Å². The molecule has 1 N–H and O–H groups in total. The number of hydrogen-bond donors (Lipinski definition) is 1. The predicted octanol–water partition coefficient (Wildman–Crippen LogP) is 4.67. The number of hydrogen-bond acceptors (Lipinski definition) is 3. The SMILES string of the molecule is CC(=O)N1CCC(N(CCCN2CCC(C)CC2)C(=O)Nc2ccccc2C(F)(F)F)CC1. The molecule has 2 saturated heterocycles. The standard InChI is InChI=1S/C24H35F3N4O2/c1-18-8-14-29(15-9-18)12-5-13-31(20-10-16-30(17-11-20)19(2)32)23(33)28-22-7-4-3-6-21(22)24(25,26)27/h3-4,6-7,18,20H,5,8-17H2,1-2H3,(H,28,33). The van der Waals surface area contributed by atoms with Crippen LogP contribution in [0.4, 0.5) is 23.7 Å². The number of carbonyl (C=O) groups excluding carboxylic acids is 2. The van der Waals surface area contributed by atoms with Crippen LogP contribution < -0.4 is 5.32 Å². The molecule has 0 spiro atoms. The minimum absolute atomic E-state index is 0.00267. The average Bonchev–Trinajstić information content (AvgIpc) is 2.77. The Bertz CT molecular complexity index is 801. The van der Waals surface area contributed by atoms with Crippen molar-refractivity contribution in [1.82, 2.24) is 14.7 Å². The van der Waals surface area contributed by atoms with Gasteiger partial charge in [-0.1, -0.05) is 19.1 Å². The van der Waals surface area contributed by atoms with Crippen LogP contribution in [0.25, 0.3) is 0 Å². The first-order valence-electron chi connectivity index (χ1n) is 11.9. The number of anilines is 1. The number of nitrogens with zero attached hydrogens (tertiary/aromatic N) is 3. The van der Waals surface area contributed by atoms with E-state index in [0.29, 0.717) is 32.5 Å². The van der Waals surface area contributed by atoms with Gasteiger partial charge >= 0.3 is 12.2 Å². The molecule has 0 bridgehead atoms. The minimum atomic E-state index is -4.55. The summed E-state index contributed by atoms with van der Waals surface area (Å²) in [4.78, 5) is 30.7. The van der Waals surface area contributed by atoms with Crippen LogP contribution in [0.3, 0.4) is 0 Å². The lowest BCUT2D eigenvalue weighted by molar-refractivity contribution is -0.137. The first-order valence-corrected chi connectivity index (χ1v) is 11.9. The fourth-order valence-corrected chi connectivity index (χ4v) is 4.72. The van der Waals surface area contributed by atoms with Crippen LogP contribution in [0.2, 0.25) is 0 Å². The third kappa shape index (κ3) is 7.09. The van der Waals surface area contributed by atoms with Crippen LogP contribution in [-0.2, 0) is 11.0 Å². The Morgan fingerprint density at radius 1 is 1.06 bits per heavy atom. The zero-order valence-corrected chi connectivity index (χ0v) is 19.5. The van der Waals surface area contributed by atoms with Crippen LogP contribution in [-0.4, -0.2) is 71.9 Å². The average molecular weight is 469 g/mol. The molecule has 0 aromatic heterocycles. The van der Waals surface area contributed by atoms with Crippen LogP contribution in [0.5, 0.6) is 0 Å². The maximum absolute atomic E-state index is 13.4. The largest absolute Gasteiger partial charge is 0.418 e. The summed E-state index contributed by atoms with van der Waals surface area (Å²) in [6, 6.07) is 4.43. The lowest BCUT2D eigenvalue weighted by Crippen LogP contribution is -2.50. The molecular weight excluding hydrogens is 433 g/mol. The Labute approximate surface area is 194 Å². The van der Waals surface area contributed by atoms with E-state index < -0.39 is 17.8 Å². The molecule has 0 unspecified atom stereocenters. The number of amides is 3. The van der Waals surface area contributed by atoms with E-state index in [2.05, 4.69) is 17.1 Å². The summed E-state index contributed by atoms with van der Waals surface area (Å²) >= 11 is 0. The minimum Gasteiger partial charge on any atom is -0.343 e. The molecule has 0 aliphatic carbocycles. The van der Waals surface area contributed by atoms with Crippen LogP contribution in [0.1, 0.15) is 51.5 Å². The van der Waals surface area contributed by atoms with E-state index in [0.717, 1.165) is 38.0 Å². The number of rotatable bonds is 6. The highest BCUT2D eigenvalue weighted by Crippen LogP contribution is 2.35. The number of nitrogens with one attached hydrogen (secondary N) is 1. The van der Waals surface area contributed by atoms with Gasteiger partial charge in [0, 0.05) is 32.6 Å². The highest BCUT2D eigenvalue weighted by atomic mass is 19.4. The van der Waals surface area contributed by atoms with Gasteiger partial charge in [0.25, 0.3) is 0 Å². The topological polar surface area (TPSA) is 55.9 Å². The number of alkyl halides is 3. The van der Waals surface area contributed by atoms with E-state index in [9.17, 15) is 22.8 Å².